The molecule has 0 saturated heterocycles. The maximum Gasteiger partial charge on any atom is 0.304 e. The number of rotatable bonds is 4. The zero-order chi connectivity index (χ0) is 12.5. The van der Waals surface area contributed by atoms with E-state index in [0.717, 1.165) is 11.4 Å². The Kier molecular flexibility index (Phi) is 2.75. The average molecular weight is 233 g/mol. The van der Waals surface area contributed by atoms with E-state index in [1.165, 1.54) is 0 Å². The average Bonchev–Trinajstić information content (AvgIpc) is 2.87. The lowest BCUT2D eigenvalue weighted by Crippen LogP contribution is -2.23. The molecule has 0 amide bonds. The quantitative estimate of drug-likeness (QED) is 0.756. The summed E-state index contributed by atoms with van der Waals surface area (Å²) < 4.78 is 0. The number of aromatic amines is 2. The molecule has 0 saturated carbocycles. The Balaban J connectivity index is 2.26. The third-order valence-electron chi connectivity index (χ3n) is 2.70. The number of carboxylic acids is 1. The zero-order valence-corrected chi connectivity index (χ0v) is 9.82. The smallest absolute Gasteiger partial charge is 0.304 e. The Morgan fingerprint density at radius 3 is 2.82 bits per heavy atom. The van der Waals surface area contributed by atoms with Gasteiger partial charge in [-0.15, -0.1) is 0 Å². The fraction of sp³-hybridized carbons (Fsp3) is 0.333. The van der Waals surface area contributed by atoms with Gasteiger partial charge in [-0.25, -0.2) is 4.98 Å². The van der Waals surface area contributed by atoms with Crippen molar-refractivity contribution in [1.82, 2.24) is 15.0 Å². The summed E-state index contributed by atoms with van der Waals surface area (Å²) in [7, 11) is 0. The molecule has 0 fully saturated rings. The fourth-order valence-electron chi connectivity index (χ4n) is 1.76. The molecule has 90 valence electrons. The first-order valence-corrected chi connectivity index (χ1v) is 5.40. The van der Waals surface area contributed by atoms with Crippen molar-refractivity contribution < 1.29 is 9.90 Å². The van der Waals surface area contributed by atoms with Crippen LogP contribution in [0.25, 0.3) is 11.4 Å². The van der Waals surface area contributed by atoms with Crippen LogP contribution in [-0.4, -0.2) is 26.0 Å². The lowest BCUT2D eigenvalue weighted by molar-refractivity contribution is -0.138. The molecule has 0 aliphatic carbocycles. The summed E-state index contributed by atoms with van der Waals surface area (Å²) in [5, 5.41) is 8.85. The number of carboxylic acid groups (broad SMARTS) is 1. The molecular weight excluding hydrogens is 218 g/mol. The molecule has 0 unspecified atom stereocenters. The third-order valence-corrected chi connectivity index (χ3v) is 2.70. The predicted octanol–water partition coefficient (Wildman–Crippen LogP) is 2.16. The largest absolute Gasteiger partial charge is 0.481 e. The number of aromatic nitrogens is 3. The number of aliphatic carboxylic acids is 1. The summed E-state index contributed by atoms with van der Waals surface area (Å²) in [6.07, 6.45) is 3.59. The first kappa shape index (κ1) is 11.4. The number of H-pyrrole nitrogens is 2. The molecule has 0 radical (unpaired) electrons. The van der Waals surface area contributed by atoms with Gasteiger partial charge in [0.15, 0.2) is 0 Å². The molecule has 2 rings (SSSR count). The van der Waals surface area contributed by atoms with Crippen LogP contribution in [0.5, 0.6) is 0 Å². The van der Waals surface area contributed by atoms with Crippen molar-refractivity contribution in [3.05, 3.63) is 30.4 Å². The summed E-state index contributed by atoms with van der Waals surface area (Å²) in [6.45, 7) is 3.72. The molecule has 5 heteroatoms. The molecule has 17 heavy (non-hydrogen) atoms. The van der Waals surface area contributed by atoms with Gasteiger partial charge in [0.2, 0.25) is 0 Å². The van der Waals surface area contributed by atoms with E-state index in [-0.39, 0.29) is 6.42 Å². The van der Waals surface area contributed by atoms with Crippen LogP contribution in [0.15, 0.2) is 24.5 Å². The monoisotopic (exact) mass is 233 g/mol. The summed E-state index contributed by atoms with van der Waals surface area (Å²) in [5.74, 6) is -0.141. The van der Waals surface area contributed by atoms with Crippen molar-refractivity contribution in [3.63, 3.8) is 0 Å². The third kappa shape index (κ3) is 2.38. The minimum atomic E-state index is -0.826. The number of nitrogens with zero attached hydrogens (tertiary/aromatic N) is 1. The van der Waals surface area contributed by atoms with Gasteiger partial charge in [0, 0.05) is 11.6 Å². The highest BCUT2D eigenvalue weighted by Crippen LogP contribution is 2.26. The second-order valence-electron chi connectivity index (χ2n) is 4.68. The van der Waals surface area contributed by atoms with Crippen LogP contribution in [0.3, 0.4) is 0 Å². The van der Waals surface area contributed by atoms with E-state index in [1.807, 2.05) is 32.2 Å². The van der Waals surface area contributed by atoms with Gasteiger partial charge in [0.25, 0.3) is 0 Å². The highest BCUT2D eigenvalue weighted by molar-refractivity contribution is 5.68. The first-order valence-electron chi connectivity index (χ1n) is 5.40. The van der Waals surface area contributed by atoms with Crippen molar-refractivity contribution >= 4 is 5.97 Å². The molecule has 2 aromatic rings. The van der Waals surface area contributed by atoms with Crippen LogP contribution in [0, 0.1) is 0 Å². The molecule has 0 aliphatic heterocycles. The number of imidazole rings is 1. The molecule has 0 aromatic carbocycles. The molecule has 2 aromatic heterocycles. The van der Waals surface area contributed by atoms with Gasteiger partial charge in [-0.1, -0.05) is 13.8 Å². The molecule has 0 aliphatic rings. The van der Waals surface area contributed by atoms with Gasteiger partial charge in [-0.3, -0.25) is 4.79 Å². The Bertz CT molecular complexity index is 512. The van der Waals surface area contributed by atoms with E-state index in [4.69, 9.17) is 5.11 Å². The lowest BCUT2D eigenvalue weighted by Gasteiger charge is -2.19. The van der Waals surface area contributed by atoms with E-state index in [0.29, 0.717) is 5.82 Å². The van der Waals surface area contributed by atoms with E-state index >= 15 is 0 Å². The fourth-order valence-corrected chi connectivity index (χ4v) is 1.76. The Labute approximate surface area is 98.9 Å². The van der Waals surface area contributed by atoms with Crippen molar-refractivity contribution in [2.24, 2.45) is 0 Å². The maximum absolute atomic E-state index is 10.8. The van der Waals surface area contributed by atoms with Crippen LogP contribution in [0.2, 0.25) is 0 Å². The van der Waals surface area contributed by atoms with Crippen LogP contribution in [-0.2, 0) is 10.2 Å². The summed E-state index contributed by atoms with van der Waals surface area (Å²) in [5.41, 5.74) is 1.30. The Morgan fingerprint density at radius 1 is 1.47 bits per heavy atom. The van der Waals surface area contributed by atoms with Crippen LogP contribution in [0.4, 0.5) is 0 Å². The second-order valence-corrected chi connectivity index (χ2v) is 4.68. The molecule has 0 bridgehead atoms. The number of hydrogen-bond acceptors (Lipinski definition) is 2. The number of hydrogen-bond donors (Lipinski definition) is 3. The second kappa shape index (κ2) is 4.08. The van der Waals surface area contributed by atoms with E-state index in [9.17, 15) is 4.79 Å². The molecule has 2 heterocycles. The summed E-state index contributed by atoms with van der Waals surface area (Å²) in [4.78, 5) is 21.3. The lowest BCUT2D eigenvalue weighted by atomic mass is 9.88. The van der Waals surface area contributed by atoms with Crippen LogP contribution >= 0.6 is 0 Å². The predicted molar refractivity (Wildman–Crippen MR) is 63.7 cm³/mol. The van der Waals surface area contributed by atoms with E-state index < -0.39 is 11.4 Å². The minimum Gasteiger partial charge on any atom is -0.481 e. The molecule has 5 nitrogen and oxygen atoms in total. The molecule has 0 atom stereocenters. The Hall–Kier alpha value is -2.04. The van der Waals surface area contributed by atoms with Crippen LogP contribution < -0.4 is 0 Å². The van der Waals surface area contributed by atoms with Gasteiger partial charge in [-0.05, 0) is 12.1 Å². The van der Waals surface area contributed by atoms with E-state index in [1.54, 1.807) is 6.20 Å². The summed E-state index contributed by atoms with van der Waals surface area (Å²) in [6, 6.07) is 3.83. The standard InChI is InChI=1S/C12H15N3O2/c1-12(2,6-10(16)17)11-14-7-9(15-11)8-4-3-5-13-8/h3-5,7,13H,6H2,1-2H3,(H,14,15)(H,16,17). The van der Waals surface area contributed by atoms with Gasteiger partial charge < -0.3 is 15.1 Å². The minimum absolute atomic E-state index is 0.0463. The SMILES string of the molecule is CC(C)(CC(=O)O)c1ncc(-c2ccc[nH]2)[nH]1. The summed E-state index contributed by atoms with van der Waals surface area (Å²) >= 11 is 0. The molecular formula is C12H15N3O2. The molecule has 3 N–H and O–H groups in total. The maximum atomic E-state index is 10.8. The molecule has 0 spiro atoms. The van der Waals surface area contributed by atoms with Gasteiger partial charge in [-0.2, -0.15) is 0 Å². The highest BCUT2D eigenvalue weighted by Gasteiger charge is 2.27. The highest BCUT2D eigenvalue weighted by atomic mass is 16.4. The zero-order valence-electron chi connectivity index (χ0n) is 9.82. The number of carbonyl (C=O) groups is 1. The van der Waals surface area contributed by atoms with Gasteiger partial charge in [0.05, 0.1) is 24.0 Å². The van der Waals surface area contributed by atoms with Crippen molar-refractivity contribution in [2.75, 3.05) is 0 Å². The van der Waals surface area contributed by atoms with Crippen LogP contribution in [0.1, 0.15) is 26.1 Å². The Morgan fingerprint density at radius 2 is 2.24 bits per heavy atom. The van der Waals surface area contributed by atoms with Gasteiger partial charge >= 0.3 is 5.97 Å². The van der Waals surface area contributed by atoms with Crippen molar-refractivity contribution in [2.45, 2.75) is 25.7 Å². The topological polar surface area (TPSA) is 81.8 Å². The number of nitrogens with one attached hydrogen (secondary N) is 2. The normalized spacial score (nSPS) is 11.6. The first-order chi connectivity index (χ1) is 7.99. The van der Waals surface area contributed by atoms with E-state index in [2.05, 4.69) is 15.0 Å². The van der Waals surface area contributed by atoms with Crippen molar-refractivity contribution in [1.29, 1.82) is 0 Å². The van der Waals surface area contributed by atoms with Gasteiger partial charge in [0.1, 0.15) is 5.82 Å². The van der Waals surface area contributed by atoms with Crippen molar-refractivity contribution in [3.8, 4) is 11.4 Å².